The molecule has 0 aromatic heterocycles. The number of hydrogen-bond acceptors (Lipinski definition) is 17. The van der Waals surface area contributed by atoms with Crippen LogP contribution in [0.25, 0.3) is 0 Å². The van der Waals surface area contributed by atoms with Crippen LogP contribution in [-0.4, -0.2) is 107 Å². The molecule has 0 aliphatic heterocycles. The van der Waals surface area contributed by atoms with E-state index in [-0.39, 0.29) is 99.6 Å². The molecule has 24 heteroatoms. The standard InChI is InChI=1S/C18H20O19.3Na.2H2O/c19-7(20)1-16(33,13(27)28)3-9(23)36-11(25)5-18(35,15(31)32)6-12(26)37-10(24)4-17(34,14(29)30)2-8(21)22;;;;;/h33-35H,1-6H2,(H,19,20)(H,21,22)(H,27,28)(H,29,30)(H,31,32);;;;2*1H2/q;3*+1;;/p-3. The maximum Gasteiger partial charge on any atom is 1.00 e. The van der Waals surface area contributed by atoms with Gasteiger partial charge in [0.15, 0.2) is 5.60 Å². The minimum absolute atomic E-state index is 0. The van der Waals surface area contributed by atoms with Crippen LogP contribution in [0.3, 0.4) is 0 Å². The maximum atomic E-state index is 11.8. The van der Waals surface area contributed by atoms with Gasteiger partial charge in [0.1, 0.15) is 11.2 Å². The summed E-state index contributed by atoms with van der Waals surface area (Å²) < 4.78 is 7.93. The molecular weight excluding hydrogens is 621 g/mol. The van der Waals surface area contributed by atoms with Gasteiger partial charge in [-0.25, -0.2) is 4.79 Å². The summed E-state index contributed by atoms with van der Waals surface area (Å²) in [6, 6.07) is 0. The molecule has 0 saturated carbocycles. The first-order valence-electron chi connectivity index (χ1n) is 9.38. The third-order valence-corrected chi connectivity index (χ3v) is 4.24. The van der Waals surface area contributed by atoms with Crippen LogP contribution in [0.5, 0.6) is 0 Å². The molecule has 0 aromatic rings. The van der Waals surface area contributed by atoms with E-state index in [0.717, 1.165) is 0 Å². The Hall–Kier alpha value is -1.57. The van der Waals surface area contributed by atoms with Crippen LogP contribution in [0.1, 0.15) is 38.5 Å². The van der Waals surface area contributed by atoms with Crippen molar-refractivity contribution >= 4 is 53.7 Å². The van der Waals surface area contributed by atoms with Crippen molar-refractivity contribution in [1.82, 2.24) is 0 Å². The van der Waals surface area contributed by atoms with Gasteiger partial charge >= 0.3 is 124 Å². The molecule has 0 fully saturated rings. The molecule has 0 aliphatic rings. The molecule has 0 aliphatic carbocycles. The van der Waals surface area contributed by atoms with Crippen LogP contribution < -0.4 is 104 Å². The molecular formula is C18H21Na3O21. The first-order chi connectivity index (χ1) is 16.7. The number of carboxylic acid groups (broad SMARTS) is 5. The zero-order chi connectivity index (χ0) is 29.4. The van der Waals surface area contributed by atoms with Crippen molar-refractivity contribution in [2.24, 2.45) is 0 Å². The topological polar surface area (TPSA) is 405 Å². The molecule has 42 heavy (non-hydrogen) atoms. The second-order valence-electron chi connectivity index (χ2n) is 7.49. The summed E-state index contributed by atoms with van der Waals surface area (Å²) >= 11 is 0. The first kappa shape index (κ1) is 53.0. The number of aliphatic hydroxyl groups is 3. The normalized spacial score (nSPS) is 13.7. The zero-order valence-corrected chi connectivity index (χ0v) is 28.2. The SMILES string of the molecule is O.O.O=C([O-])CC(O)(CC(=O)OC(=O)CC(O)(CC(=O)OC(=O)CC(O)(CC(=O)O)C(=O)O)C(=O)[O-])C(=O)[O-].[Na+].[Na+].[Na+]. The first-order valence-corrected chi connectivity index (χ1v) is 9.38. The number of hydrogen-bond donors (Lipinski definition) is 5. The van der Waals surface area contributed by atoms with Gasteiger partial charge in [0.05, 0.1) is 44.0 Å². The second kappa shape index (κ2) is 22.0. The van der Waals surface area contributed by atoms with E-state index in [9.17, 15) is 73.8 Å². The molecule has 3 atom stereocenters. The van der Waals surface area contributed by atoms with Gasteiger partial charge in [-0.15, -0.1) is 0 Å². The molecule has 0 heterocycles. The number of carbonyl (C=O) groups is 9. The summed E-state index contributed by atoms with van der Waals surface area (Å²) in [5, 5.41) is 79.3. The van der Waals surface area contributed by atoms with E-state index in [1.165, 1.54) is 0 Å². The summed E-state index contributed by atoms with van der Waals surface area (Å²) in [4.78, 5) is 101. The van der Waals surface area contributed by atoms with Crippen molar-refractivity contribution in [1.29, 1.82) is 0 Å². The summed E-state index contributed by atoms with van der Waals surface area (Å²) in [6.07, 6.45) is -10.2. The van der Waals surface area contributed by atoms with E-state index >= 15 is 0 Å². The van der Waals surface area contributed by atoms with E-state index in [0.29, 0.717) is 0 Å². The minimum atomic E-state index is -3.57. The Morgan fingerprint density at radius 1 is 0.500 bits per heavy atom. The van der Waals surface area contributed by atoms with E-state index in [2.05, 4.69) is 9.47 Å². The van der Waals surface area contributed by atoms with Gasteiger partial charge in [0.2, 0.25) is 0 Å². The van der Waals surface area contributed by atoms with Gasteiger partial charge in [0, 0.05) is 12.4 Å². The third-order valence-electron chi connectivity index (χ3n) is 4.24. The molecule has 0 bridgehead atoms. The van der Waals surface area contributed by atoms with Crippen molar-refractivity contribution in [3.8, 4) is 0 Å². The molecule has 222 valence electrons. The molecule has 0 amide bonds. The Bertz CT molecular complexity index is 958. The van der Waals surface area contributed by atoms with Crippen LogP contribution in [0, 0.1) is 0 Å². The Morgan fingerprint density at radius 3 is 0.976 bits per heavy atom. The van der Waals surface area contributed by atoms with Gasteiger partial charge in [0.25, 0.3) is 0 Å². The Labute approximate surface area is 299 Å². The predicted octanol–water partition coefficient (Wildman–Crippen LogP) is -18.6. The van der Waals surface area contributed by atoms with Crippen molar-refractivity contribution in [2.45, 2.75) is 55.3 Å². The molecule has 3 unspecified atom stereocenters. The molecule has 0 aromatic carbocycles. The Balaban J connectivity index is -0.000000648. The van der Waals surface area contributed by atoms with Crippen LogP contribution >= 0.6 is 0 Å². The van der Waals surface area contributed by atoms with E-state index in [1.54, 1.807) is 0 Å². The summed E-state index contributed by atoms with van der Waals surface area (Å²) in [5.74, 6) is -19.1. The van der Waals surface area contributed by atoms with Crippen LogP contribution in [0.15, 0.2) is 0 Å². The molecule has 9 N–H and O–H groups in total. The Kier molecular flexibility index (Phi) is 27.8. The molecule has 0 rings (SSSR count). The minimum Gasteiger partial charge on any atom is -0.550 e. The van der Waals surface area contributed by atoms with Crippen LogP contribution in [-0.2, 0) is 52.6 Å². The van der Waals surface area contributed by atoms with Gasteiger partial charge in [-0.2, -0.15) is 0 Å². The van der Waals surface area contributed by atoms with Crippen LogP contribution in [0.2, 0.25) is 0 Å². The number of ether oxygens (including phenoxy) is 2. The average molecular weight is 642 g/mol. The van der Waals surface area contributed by atoms with Gasteiger partial charge in [-0.05, 0) is 0 Å². The van der Waals surface area contributed by atoms with Crippen molar-refractivity contribution in [3.63, 3.8) is 0 Å². The fourth-order valence-corrected chi connectivity index (χ4v) is 2.47. The number of esters is 4. The number of carboxylic acids is 5. The molecule has 21 nitrogen and oxygen atoms in total. The zero-order valence-electron chi connectivity index (χ0n) is 22.2. The average Bonchev–Trinajstić information content (AvgIpc) is 2.64. The molecule has 0 radical (unpaired) electrons. The number of carbonyl (C=O) groups excluding carboxylic acids is 7. The van der Waals surface area contributed by atoms with Crippen molar-refractivity contribution in [3.05, 3.63) is 0 Å². The monoisotopic (exact) mass is 642 g/mol. The largest absolute Gasteiger partial charge is 1.00 e. The number of aliphatic carboxylic acids is 5. The maximum absolute atomic E-state index is 11.8. The van der Waals surface area contributed by atoms with Crippen LogP contribution in [0.4, 0.5) is 0 Å². The molecule has 0 spiro atoms. The van der Waals surface area contributed by atoms with Gasteiger partial charge in [-0.3, -0.25) is 24.0 Å². The fourth-order valence-electron chi connectivity index (χ4n) is 2.47. The van der Waals surface area contributed by atoms with E-state index < -0.39 is 109 Å². The predicted molar refractivity (Wildman–Crippen MR) is 102 cm³/mol. The van der Waals surface area contributed by atoms with Crippen molar-refractivity contribution in [2.75, 3.05) is 0 Å². The summed E-state index contributed by atoms with van der Waals surface area (Å²) in [6.45, 7) is 0. The van der Waals surface area contributed by atoms with Gasteiger partial charge < -0.3 is 75.7 Å². The number of rotatable bonds is 15. The molecule has 0 saturated heterocycles. The summed E-state index contributed by atoms with van der Waals surface area (Å²) in [7, 11) is 0. The third kappa shape index (κ3) is 18.2. The van der Waals surface area contributed by atoms with Crippen molar-refractivity contribution < 1.29 is 193 Å². The Morgan fingerprint density at radius 2 is 0.762 bits per heavy atom. The van der Waals surface area contributed by atoms with Gasteiger partial charge in [-0.1, -0.05) is 0 Å². The second-order valence-corrected chi connectivity index (χ2v) is 7.49. The fraction of sp³-hybridized carbons (Fsp3) is 0.500. The smallest absolute Gasteiger partial charge is 0.550 e. The quantitative estimate of drug-likeness (QED) is 0.0628. The summed E-state index contributed by atoms with van der Waals surface area (Å²) in [5.41, 5.74) is -10.2. The van der Waals surface area contributed by atoms with E-state index in [1.807, 2.05) is 0 Å². The van der Waals surface area contributed by atoms with E-state index in [4.69, 9.17) is 10.2 Å².